The van der Waals surface area contributed by atoms with E-state index in [4.69, 9.17) is 10.8 Å². The molecule has 0 saturated carbocycles. The number of benzene rings is 1. The van der Waals surface area contributed by atoms with Gasteiger partial charge >= 0.3 is 0 Å². The maximum absolute atomic E-state index is 12.3. The summed E-state index contributed by atoms with van der Waals surface area (Å²) in [6.07, 6.45) is 0. The average molecular weight is 258 g/mol. The second kappa shape index (κ2) is 5.48. The molecule has 5 nitrogen and oxygen atoms in total. The normalized spacial score (nSPS) is 12.3. The predicted molar refractivity (Wildman–Crippen MR) is 67.0 cm³/mol. The maximum atomic E-state index is 12.3. The van der Waals surface area contributed by atoms with Crippen LogP contribution in [0.2, 0.25) is 0 Å². The van der Waals surface area contributed by atoms with Crippen LogP contribution < -0.4 is 5.73 Å². The number of rotatable bonds is 5. The number of aliphatic hydroxyl groups excluding tert-OH is 1. The van der Waals surface area contributed by atoms with Gasteiger partial charge in [-0.1, -0.05) is 6.07 Å². The van der Waals surface area contributed by atoms with E-state index in [1.807, 2.05) is 0 Å². The minimum absolute atomic E-state index is 0.0782. The number of sulfonamides is 1. The molecule has 1 aromatic carbocycles. The highest BCUT2D eigenvalue weighted by atomic mass is 32.2. The average Bonchev–Trinajstić information content (AvgIpc) is 2.25. The molecule has 0 aliphatic heterocycles. The van der Waals surface area contributed by atoms with Crippen LogP contribution in [0.25, 0.3) is 0 Å². The van der Waals surface area contributed by atoms with Crippen molar-refractivity contribution in [2.45, 2.75) is 24.8 Å². The molecule has 0 aliphatic carbocycles. The molecule has 0 aliphatic rings. The first-order valence-corrected chi connectivity index (χ1v) is 6.82. The predicted octanol–water partition coefficient (Wildman–Crippen LogP) is 0.660. The first-order chi connectivity index (χ1) is 7.89. The van der Waals surface area contributed by atoms with Crippen molar-refractivity contribution in [3.05, 3.63) is 24.3 Å². The molecule has 3 N–H and O–H groups in total. The van der Waals surface area contributed by atoms with Gasteiger partial charge in [0.25, 0.3) is 0 Å². The second-order valence-corrected chi connectivity index (χ2v) is 5.90. The minimum atomic E-state index is -3.59. The van der Waals surface area contributed by atoms with Crippen molar-refractivity contribution < 1.29 is 13.5 Å². The standard InChI is InChI=1S/C11H18N2O3S/c1-9(2)13(6-7-14)17(15,16)11-5-3-4-10(12)8-11/h3-5,8-9,14H,6-7,12H2,1-2H3. The molecular formula is C11H18N2O3S. The van der Waals surface area contributed by atoms with Crippen LogP contribution in [-0.4, -0.2) is 37.0 Å². The van der Waals surface area contributed by atoms with Gasteiger partial charge < -0.3 is 10.8 Å². The van der Waals surface area contributed by atoms with Crippen LogP contribution >= 0.6 is 0 Å². The Labute approximate surface area is 102 Å². The highest BCUT2D eigenvalue weighted by molar-refractivity contribution is 7.89. The summed E-state index contributed by atoms with van der Waals surface area (Å²) in [6.45, 7) is 3.40. The van der Waals surface area contributed by atoms with E-state index in [9.17, 15) is 8.42 Å². The van der Waals surface area contributed by atoms with E-state index >= 15 is 0 Å². The summed E-state index contributed by atoms with van der Waals surface area (Å²) in [5.41, 5.74) is 5.97. The SMILES string of the molecule is CC(C)N(CCO)S(=O)(=O)c1cccc(N)c1. The first-order valence-electron chi connectivity index (χ1n) is 5.38. The monoisotopic (exact) mass is 258 g/mol. The van der Waals surface area contributed by atoms with E-state index in [0.717, 1.165) is 0 Å². The first kappa shape index (κ1) is 14.0. The van der Waals surface area contributed by atoms with Crippen LogP contribution in [0.1, 0.15) is 13.8 Å². The van der Waals surface area contributed by atoms with Gasteiger partial charge in [0, 0.05) is 18.3 Å². The molecule has 0 amide bonds. The van der Waals surface area contributed by atoms with Crippen molar-refractivity contribution >= 4 is 15.7 Å². The highest BCUT2D eigenvalue weighted by Gasteiger charge is 2.26. The molecule has 0 atom stereocenters. The van der Waals surface area contributed by atoms with Crippen LogP contribution in [-0.2, 0) is 10.0 Å². The summed E-state index contributed by atoms with van der Waals surface area (Å²) in [7, 11) is -3.59. The summed E-state index contributed by atoms with van der Waals surface area (Å²) >= 11 is 0. The van der Waals surface area contributed by atoms with Crippen molar-refractivity contribution in [2.75, 3.05) is 18.9 Å². The zero-order valence-electron chi connectivity index (χ0n) is 10.00. The Kier molecular flexibility index (Phi) is 4.50. The third-order valence-corrected chi connectivity index (χ3v) is 4.43. The van der Waals surface area contributed by atoms with Gasteiger partial charge in [0.15, 0.2) is 0 Å². The van der Waals surface area contributed by atoms with E-state index in [2.05, 4.69) is 0 Å². The zero-order valence-corrected chi connectivity index (χ0v) is 10.8. The molecule has 1 rings (SSSR count). The van der Waals surface area contributed by atoms with E-state index in [1.54, 1.807) is 26.0 Å². The van der Waals surface area contributed by atoms with Gasteiger partial charge in [0.2, 0.25) is 10.0 Å². The lowest BCUT2D eigenvalue weighted by Crippen LogP contribution is -2.38. The number of aliphatic hydroxyl groups is 1. The van der Waals surface area contributed by atoms with Gasteiger partial charge in [-0.15, -0.1) is 0 Å². The zero-order chi connectivity index (χ0) is 13.1. The molecule has 1 aromatic rings. The molecular weight excluding hydrogens is 240 g/mol. The summed E-state index contributed by atoms with van der Waals surface area (Å²) in [6, 6.07) is 5.93. The maximum Gasteiger partial charge on any atom is 0.243 e. The Hall–Kier alpha value is -1.11. The summed E-state index contributed by atoms with van der Waals surface area (Å²) in [4.78, 5) is 0.152. The van der Waals surface area contributed by atoms with Gasteiger partial charge in [-0.3, -0.25) is 0 Å². The number of hydrogen-bond acceptors (Lipinski definition) is 4. The third-order valence-electron chi connectivity index (χ3n) is 2.36. The molecule has 0 unspecified atom stereocenters. The summed E-state index contributed by atoms with van der Waals surface area (Å²) in [5.74, 6) is 0. The second-order valence-electron chi connectivity index (χ2n) is 4.01. The van der Waals surface area contributed by atoms with E-state index in [-0.39, 0.29) is 24.1 Å². The van der Waals surface area contributed by atoms with Crippen LogP contribution in [0.4, 0.5) is 5.69 Å². The topological polar surface area (TPSA) is 83.6 Å². The van der Waals surface area contributed by atoms with Crippen molar-refractivity contribution in [1.82, 2.24) is 4.31 Å². The van der Waals surface area contributed by atoms with E-state index < -0.39 is 10.0 Å². The molecule has 0 radical (unpaired) electrons. The number of nitrogen functional groups attached to an aromatic ring is 1. The number of nitrogens with two attached hydrogens (primary N) is 1. The van der Waals surface area contributed by atoms with Gasteiger partial charge in [0.1, 0.15) is 0 Å². The van der Waals surface area contributed by atoms with Crippen LogP contribution in [0.3, 0.4) is 0 Å². The fourth-order valence-corrected chi connectivity index (χ4v) is 3.25. The van der Waals surface area contributed by atoms with E-state index in [0.29, 0.717) is 5.69 Å². The Morgan fingerprint density at radius 1 is 1.41 bits per heavy atom. The Bertz CT molecular complexity index is 471. The van der Waals surface area contributed by atoms with Gasteiger partial charge in [-0.05, 0) is 32.0 Å². The smallest absolute Gasteiger partial charge is 0.243 e. The molecule has 0 saturated heterocycles. The largest absolute Gasteiger partial charge is 0.399 e. The lowest BCUT2D eigenvalue weighted by atomic mass is 10.3. The quantitative estimate of drug-likeness (QED) is 0.760. The highest BCUT2D eigenvalue weighted by Crippen LogP contribution is 2.19. The van der Waals surface area contributed by atoms with E-state index in [1.165, 1.54) is 16.4 Å². The van der Waals surface area contributed by atoms with Crippen molar-refractivity contribution in [1.29, 1.82) is 0 Å². The molecule has 17 heavy (non-hydrogen) atoms. The lowest BCUT2D eigenvalue weighted by molar-refractivity contribution is 0.236. The Morgan fingerprint density at radius 2 is 2.06 bits per heavy atom. The molecule has 0 fully saturated rings. The van der Waals surface area contributed by atoms with Crippen LogP contribution in [0, 0.1) is 0 Å². The Balaban J connectivity index is 3.16. The number of nitrogens with zero attached hydrogens (tertiary/aromatic N) is 1. The molecule has 0 aromatic heterocycles. The third kappa shape index (κ3) is 3.18. The van der Waals surface area contributed by atoms with Crippen LogP contribution in [0.15, 0.2) is 29.2 Å². The van der Waals surface area contributed by atoms with Gasteiger partial charge in [0.05, 0.1) is 11.5 Å². The van der Waals surface area contributed by atoms with Crippen molar-refractivity contribution in [3.63, 3.8) is 0 Å². The molecule has 6 heteroatoms. The molecule has 96 valence electrons. The summed E-state index contributed by atoms with van der Waals surface area (Å²) in [5, 5.41) is 8.92. The summed E-state index contributed by atoms with van der Waals surface area (Å²) < 4.78 is 25.8. The lowest BCUT2D eigenvalue weighted by Gasteiger charge is -2.25. The van der Waals surface area contributed by atoms with Gasteiger partial charge in [-0.25, -0.2) is 8.42 Å². The molecule has 0 heterocycles. The fourth-order valence-electron chi connectivity index (χ4n) is 1.56. The fraction of sp³-hybridized carbons (Fsp3) is 0.455. The number of anilines is 1. The molecule has 0 bridgehead atoms. The van der Waals surface area contributed by atoms with Crippen LogP contribution in [0.5, 0.6) is 0 Å². The number of hydrogen-bond donors (Lipinski definition) is 2. The van der Waals surface area contributed by atoms with Crippen molar-refractivity contribution in [3.8, 4) is 0 Å². The van der Waals surface area contributed by atoms with Crippen molar-refractivity contribution in [2.24, 2.45) is 0 Å². The Morgan fingerprint density at radius 3 is 2.53 bits per heavy atom. The van der Waals surface area contributed by atoms with Gasteiger partial charge in [-0.2, -0.15) is 4.31 Å². The molecule has 0 spiro atoms. The minimum Gasteiger partial charge on any atom is -0.399 e.